The van der Waals surface area contributed by atoms with Crippen LogP contribution in [0.2, 0.25) is 5.02 Å². The Labute approximate surface area is 122 Å². The van der Waals surface area contributed by atoms with Crippen molar-refractivity contribution in [3.05, 3.63) is 23.2 Å². The van der Waals surface area contributed by atoms with E-state index in [1.165, 1.54) is 18.2 Å². The Bertz CT molecular complexity index is 612. The molecule has 0 unspecified atom stereocenters. The first-order chi connectivity index (χ1) is 9.35. The molecular formula is C12H16ClN3O3S. The topological polar surface area (TPSA) is 87.3 Å². The number of sulfonamides is 1. The third-order valence-corrected chi connectivity index (χ3v) is 3.84. The van der Waals surface area contributed by atoms with Gasteiger partial charge in [0.05, 0.1) is 28.7 Å². The summed E-state index contributed by atoms with van der Waals surface area (Å²) in [6, 6.07) is 4.34. The molecule has 1 aliphatic rings. The van der Waals surface area contributed by atoms with Crippen LogP contribution in [0.4, 0.5) is 11.4 Å². The van der Waals surface area contributed by atoms with E-state index < -0.39 is 10.0 Å². The van der Waals surface area contributed by atoms with Crippen LogP contribution >= 0.6 is 11.6 Å². The molecule has 1 aromatic carbocycles. The molecule has 3 N–H and O–H groups in total. The number of hydrogen-bond acceptors (Lipinski definition) is 4. The monoisotopic (exact) mass is 317 g/mol. The fourth-order valence-corrected chi connectivity index (χ4v) is 2.75. The normalized spacial score (nSPS) is 18.8. The summed E-state index contributed by atoms with van der Waals surface area (Å²) >= 11 is 6.01. The van der Waals surface area contributed by atoms with Gasteiger partial charge in [-0.3, -0.25) is 9.52 Å². The number of carbonyl (C=O) groups excluding carboxylic acids is 1. The lowest BCUT2D eigenvalue weighted by Crippen LogP contribution is -2.35. The molecule has 0 spiro atoms. The Kier molecular flexibility index (Phi) is 4.52. The standard InChI is InChI=1S/C12H16ClN3O3S/c1-20(18,19)16-8-4-5-9(13)11(7-8)15-12(17)10-3-2-6-14-10/h4-5,7,10,14,16H,2-3,6H2,1H3,(H,15,17)/t10-/m0/s1. The highest BCUT2D eigenvalue weighted by Gasteiger charge is 2.22. The number of carbonyl (C=O) groups is 1. The minimum Gasteiger partial charge on any atom is -0.323 e. The van der Waals surface area contributed by atoms with Crippen LogP contribution in [0.15, 0.2) is 18.2 Å². The molecule has 8 heteroatoms. The quantitative estimate of drug-likeness (QED) is 0.783. The van der Waals surface area contributed by atoms with Gasteiger partial charge in [0.25, 0.3) is 0 Å². The highest BCUT2D eigenvalue weighted by molar-refractivity contribution is 7.92. The van der Waals surface area contributed by atoms with Gasteiger partial charge in [-0.1, -0.05) is 11.6 Å². The minimum atomic E-state index is -3.37. The minimum absolute atomic E-state index is 0.166. The van der Waals surface area contributed by atoms with E-state index in [1.807, 2.05) is 0 Å². The van der Waals surface area contributed by atoms with Crippen LogP contribution in [-0.2, 0) is 14.8 Å². The Hall–Kier alpha value is -1.31. The van der Waals surface area contributed by atoms with E-state index >= 15 is 0 Å². The summed E-state index contributed by atoms with van der Waals surface area (Å²) in [6.45, 7) is 0.821. The van der Waals surface area contributed by atoms with E-state index in [0.717, 1.165) is 25.6 Å². The number of nitrogens with one attached hydrogen (secondary N) is 3. The van der Waals surface area contributed by atoms with Crippen LogP contribution in [0, 0.1) is 0 Å². The Balaban J connectivity index is 2.14. The van der Waals surface area contributed by atoms with Crippen molar-refractivity contribution in [3.8, 4) is 0 Å². The number of anilines is 2. The highest BCUT2D eigenvalue weighted by atomic mass is 35.5. The first kappa shape index (κ1) is 15.1. The van der Waals surface area contributed by atoms with E-state index in [9.17, 15) is 13.2 Å². The molecule has 0 radical (unpaired) electrons. The third kappa shape index (κ3) is 4.09. The SMILES string of the molecule is CS(=O)(=O)Nc1ccc(Cl)c(NC(=O)[C@@H]2CCCN2)c1. The summed E-state index contributed by atoms with van der Waals surface area (Å²) in [6.07, 6.45) is 2.80. The van der Waals surface area contributed by atoms with Gasteiger partial charge in [0.2, 0.25) is 15.9 Å². The molecule has 2 rings (SSSR count). The van der Waals surface area contributed by atoms with Crippen LogP contribution in [0.25, 0.3) is 0 Å². The van der Waals surface area contributed by atoms with Gasteiger partial charge in [-0.2, -0.15) is 0 Å². The average Bonchev–Trinajstić information content (AvgIpc) is 2.85. The number of hydrogen-bond donors (Lipinski definition) is 3. The molecular weight excluding hydrogens is 302 g/mol. The number of amides is 1. The zero-order valence-corrected chi connectivity index (χ0v) is 12.5. The van der Waals surface area contributed by atoms with Gasteiger partial charge in [-0.15, -0.1) is 0 Å². The highest BCUT2D eigenvalue weighted by Crippen LogP contribution is 2.26. The van der Waals surface area contributed by atoms with E-state index in [-0.39, 0.29) is 11.9 Å². The van der Waals surface area contributed by atoms with Gasteiger partial charge in [-0.05, 0) is 37.6 Å². The predicted molar refractivity (Wildman–Crippen MR) is 79.6 cm³/mol. The van der Waals surface area contributed by atoms with Crippen molar-refractivity contribution in [2.75, 3.05) is 22.8 Å². The molecule has 110 valence electrons. The Morgan fingerprint density at radius 1 is 1.45 bits per heavy atom. The lowest BCUT2D eigenvalue weighted by molar-refractivity contribution is -0.117. The molecule has 1 saturated heterocycles. The van der Waals surface area contributed by atoms with Crippen LogP contribution in [0.1, 0.15) is 12.8 Å². The largest absolute Gasteiger partial charge is 0.323 e. The second-order valence-corrected chi connectivity index (χ2v) is 6.86. The van der Waals surface area contributed by atoms with Crippen LogP contribution in [0.5, 0.6) is 0 Å². The van der Waals surface area contributed by atoms with E-state index in [4.69, 9.17) is 11.6 Å². The first-order valence-electron chi connectivity index (χ1n) is 6.17. The molecule has 1 fully saturated rings. The van der Waals surface area contributed by atoms with Crippen molar-refractivity contribution in [2.45, 2.75) is 18.9 Å². The molecule has 1 heterocycles. The van der Waals surface area contributed by atoms with Crippen LogP contribution in [0.3, 0.4) is 0 Å². The van der Waals surface area contributed by atoms with E-state index in [0.29, 0.717) is 16.4 Å². The maximum absolute atomic E-state index is 12.0. The molecule has 0 aromatic heterocycles. The van der Waals surface area contributed by atoms with E-state index in [2.05, 4.69) is 15.4 Å². The summed E-state index contributed by atoms with van der Waals surface area (Å²) in [5.74, 6) is -0.166. The molecule has 0 saturated carbocycles. The average molecular weight is 318 g/mol. The lowest BCUT2D eigenvalue weighted by atomic mass is 10.2. The summed E-state index contributed by atoms with van der Waals surface area (Å²) < 4.78 is 24.7. The van der Waals surface area contributed by atoms with Gasteiger partial charge >= 0.3 is 0 Å². The Morgan fingerprint density at radius 2 is 2.20 bits per heavy atom. The van der Waals surface area contributed by atoms with Gasteiger partial charge in [0.15, 0.2) is 0 Å². The first-order valence-corrected chi connectivity index (χ1v) is 8.44. The zero-order chi connectivity index (χ0) is 14.8. The fraction of sp³-hybridized carbons (Fsp3) is 0.417. The second-order valence-electron chi connectivity index (χ2n) is 4.71. The van der Waals surface area contributed by atoms with Crippen molar-refractivity contribution in [1.82, 2.24) is 5.32 Å². The summed E-state index contributed by atoms with van der Waals surface area (Å²) in [5.41, 5.74) is 0.741. The molecule has 1 aromatic rings. The third-order valence-electron chi connectivity index (χ3n) is 2.90. The number of rotatable bonds is 4. The summed E-state index contributed by atoms with van der Waals surface area (Å²) in [5, 5.41) is 6.15. The molecule has 0 aliphatic carbocycles. The molecule has 1 atom stereocenters. The number of halogens is 1. The molecule has 1 aliphatic heterocycles. The maximum Gasteiger partial charge on any atom is 0.241 e. The Morgan fingerprint density at radius 3 is 2.80 bits per heavy atom. The van der Waals surface area contributed by atoms with Crippen molar-refractivity contribution in [3.63, 3.8) is 0 Å². The molecule has 20 heavy (non-hydrogen) atoms. The number of benzene rings is 1. The molecule has 6 nitrogen and oxygen atoms in total. The maximum atomic E-state index is 12.0. The summed E-state index contributed by atoms with van der Waals surface area (Å²) in [7, 11) is -3.37. The van der Waals surface area contributed by atoms with Crippen molar-refractivity contribution in [2.24, 2.45) is 0 Å². The second kappa shape index (κ2) is 5.99. The predicted octanol–water partition coefficient (Wildman–Crippen LogP) is 1.40. The van der Waals surface area contributed by atoms with Crippen molar-refractivity contribution < 1.29 is 13.2 Å². The van der Waals surface area contributed by atoms with Crippen LogP contribution < -0.4 is 15.4 Å². The van der Waals surface area contributed by atoms with Gasteiger partial charge in [0.1, 0.15) is 0 Å². The zero-order valence-electron chi connectivity index (χ0n) is 10.9. The van der Waals surface area contributed by atoms with Crippen molar-refractivity contribution >= 4 is 38.9 Å². The molecule has 0 bridgehead atoms. The smallest absolute Gasteiger partial charge is 0.241 e. The fourth-order valence-electron chi connectivity index (χ4n) is 2.03. The van der Waals surface area contributed by atoms with Crippen molar-refractivity contribution in [1.29, 1.82) is 0 Å². The van der Waals surface area contributed by atoms with Gasteiger partial charge < -0.3 is 10.6 Å². The van der Waals surface area contributed by atoms with Gasteiger partial charge in [-0.25, -0.2) is 8.42 Å². The molecule has 1 amide bonds. The van der Waals surface area contributed by atoms with Gasteiger partial charge in [0, 0.05) is 0 Å². The van der Waals surface area contributed by atoms with Crippen LogP contribution in [-0.4, -0.2) is 33.2 Å². The van der Waals surface area contributed by atoms with E-state index in [1.54, 1.807) is 0 Å². The lowest BCUT2D eigenvalue weighted by Gasteiger charge is -2.13. The summed E-state index contributed by atoms with van der Waals surface area (Å²) in [4.78, 5) is 12.0.